The van der Waals surface area contributed by atoms with Crippen molar-refractivity contribution >= 4 is 0 Å². The van der Waals surface area contributed by atoms with Gasteiger partial charge in [-0.1, -0.05) is 6.42 Å². The van der Waals surface area contributed by atoms with E-state index < -0.39 is 0 Å². The Labute approximate surface area is 90.3 Å². The van der Waals surface area contributed by atoms with Gasteiger partial charge in [0.15, 0.2) is 0 Å². The molecule has 3 heteroatoms. The van der Waals surface area contributed by atoms with Crippen molar-refractivity contribution in [3.05, 3.63) is 17.3 Å². The van der Waals surface area contributed by atoms with Crippen LogP contribution >= 0.6 is 0 Å². The zero-order valence-corrected chi connectivity index (χ0v) is 9.09. The highest BCUT2D eigenvalue weighted by atomic mass is 16.4. The number of fused-ring (bicyclic) bond motifs is 1. The Morgan fingerprint density at radius 3 is 2.87 bits per heavy atom. The molecule has 2 aliphatic rings. The van der Waals surface area contributed by atoms with E-state index in [1.165, 1.54) is 37.8 Å². The summed E-state index contributed by atoms with van der Waals surface area (Å²) in [6.07, 6.45) is 8.51. The van der Waals surface area contributed by atoms with Crippen molar-refractivity contribution in [2.45, 2.75) is 51.0 Å². The first-order valence-corrected chi connectivity index (χ1v) is 6.15. The molecule has 0 saturated carbocycles. The number of hydrogen-bond acceptors (Lipinski definition) is 3. The zero-order chi connectivity index (χ0) is 10.1. The van der Waals surface area contributed by atoms with Crippen molar-refractivity contribution in [2.24, 2.45) is 0 Å². The lowest BCUT2D eigenvalue weighted by atomic mass is 10.0. The summed E-state index contributed by atoms with van der Waals surface area (Å²) >= 11 is 0. The minimum atomic E-state index is 0.379. The Kier molecular flexibility index (Phi) is 2.49. The molecule has 2 heterocycles. The number of aryl methyl sites for hydroxylation is 2. The molecule has 1 aromatic rings. The topological polar surface area (TPSA) is 38.1 Å². The summed E-state index contributed by atoms with van der Waals surface area (Å²) in [5, 5.41) is 3.49. The van der Waals surface area contributed by atoms with E-state index in [9.17, 15) is 0 Å². The molecule has 1 saturated heterocycles. The van der Waals surface area contributed by atoms with Crippen LogP contribution in [0, 0.1) is 0 Å². The number of piperidine rings is 1. The van der Waals surface area contributed by atoms with Gasteiger partial charge in [0.1, 0.15) is 5.76 Å². The highest BCUT2D eigenvalue weighted by Crippen LogP contribution is 2.27. The molecule has 15 heavy (non-hydrogen) atoms. The largest absolute Gasteiger partial charge is 0.444 e. The van der Waals surface area contributed by atoms with Gasteiger partial charge < -0.3 is 9.73 Å². The molecule has 0 radical (unpaired) electrons. The minimum Gasteiger partial charge on any atom is -0.444 e. The van der Waals surface area contributed by atoms with E-state index in [0.29, 0.717) is 6.04 Å². The van der Waals surface area contributed by atoms with Gasteiger partial charge in [-0.15, -0.1) is 0 Å². The molecule has 1 aliphatic heterocycles. The quantitative estimate of drug-likeness (QED) is 0.766. The predicted octanol–water partition coefficient (Wildman–Crippen LogP) is 2.37. The second-order valence-electron chi connectivity index (χ2n) is 4.63. The Morgan fingerprint density at radius 1 is 1.13 bits per heavy atom. The fourth-order valence-electron chi connectivity index (χ4n) is 2.58. The van der Waals surface area contributed by atoms with Crippen molar-refractivity contribution in [1.82, 2.24) is 10.3 Å². The van der Waals surface area contributed by atoms with E-state index in [4.69, 9.17) is 4.42 Å². The zero-order valence-electron chi connectivity index (χ0n) is 9.09. The normalized spacial score (nSPS) is 26.3. The summed E-state index contributed by atoms with van der Waals surface area (Å²) in [5.74, 6) is 2.10. The molecule has 1 unspecified atom stereocenters. The molecule has 3 rings (SSSR count). The Morgan fingerprint density at radius 2 is 2.07 bits per heavy atom. The van der Waals surface area contributed by atoms with Crippen LogP contribution in [-0.2, 0) is 12.8 Å². The second kappa shape index (κ2) is 3.97. The maximum absolute atomic E-state index is 5.87. The van der Waals surface area contributed by atoms with E-state index in [2.05, 4.69) is 10.3 Å². The molecule has 1 fully saturated rings. The predicted molar refractivity (Wildman–Crippen MR) is 57.7 cm³/mol. The molecular formula is C12H18N2O. The van der Waals surface area contributed by atoms with Gasteiger partial charge in [-0.3, -0.25) is 0 Å². The molecular weight excluding hydrogens is 188 g/mol. The molecule has 1 N–H and O–H groups in total. The lowest BCUT2D eigenvalue weighted by Gasteiger charge is -2.20. The van der Waals surface area contributed by atoms with Crippen LogP contribution in [0.5, 0.6) is 0 Å². The molecule has 82 valence electrons. The lowest BCUT2D eigenvalue weighted by molar-refractivity contribution is 0.327. The fourth-order valence-corrected chi connectivity index (χ4v) is 2.58. The Hall–Kier alpha value is -0.830. The van der Waals surface area contributed by atoms with Crippen LogP contribution in [0.3, 0.4) is 0 Å². The van der Waals surface area contributed by atoms with E-state index >= 15 is 0 Å². The summed E-state index contributed by atoms with van der Waals surface area (Å²) in [5.41, 5.74) is 1.23. The smallest absolute Gasteiger partial charge is 0.211 e. The number of nitrogens with zero attached hydrogens (tertiary/aromatic N) is 1. The molecule has 0 amide bonds. The third kappa shape index (κ3) is 1.81. The Bertz CT molecular complexity index is 316. The summed E-state index contributed by atoms with van der Waals surface area (Å²) < 4.78 is 5.87. The third-order valence-corrected chi connectivity index (χ3v) is 3.47. The van der Waals surface area contributed by atoms with Gasteiger partial charge in [-0.2, -0.15) is 0 Å². The number of aromatic nitrogens is 1. The van der Waals surface area contributed by atoms with Gasteiger partial charge in [0, 0.05) is 6.42 Å². The van der Waals surface area contributed by atoms with E-state index in [-0.39, 0.29) is 0 Å². The monoisotopic (exact) mass is 206 g/mol. The molecule has 1 atom stereocenters. The Balaban J connectivity index is 1.82. The van der Waals surface area contributed by atoms with Gasteiger partial charge in [0.2, 0.25) is 5.89 Å². The second-order valence-corrected chi connectivity index (χ2v) is 4.63. The van der Waals surface area contributed by atoms with Crippen LogP contribution in [0.2, 0.25) is 0 Å². The van der Waals surface area contributed by atoms with Crippen molar-refractivity contribution in [3.8, 4) is 0 Å². The first kappa shape index (κ1) is 9.40. The molecule has 1 aliphatic carbocycles. The average molecular weight is 206 g/mol. The number of nitrogens with one attached hydrogen (secondary N) is 1. The molecule has 1 aromatic heterocycles. The molecule has 0 bridgehead atoms. The lowest BCUT2D eigenvalue weighted by Crippen LogP contribution is -2.26. The van der Waals surface area contributed by atoms with Crippen molar-refractivity contribution < 1.29 is 4.42 Å². The van der Waals surface area contributed by atoms with E-state index in [1.807, 2.05) is 0 Å². The van der Waals surface area contributed by atoms with Crippen molar-refractivity contribution in [2.75, 3.05) is 6.54 Å². The standard InChI is InChI=1S/C12H18N2O/c1-2-7-11-9(5-1)14-12(15-11)10-6-3-4-8-13-10/h10,13H,1-8H2. The van der Waals surface area contributed by atoms with Crippen LogP contribution in [-0.4, -0.2) is 11.5 Å². The van der Waals surface area contributed by atoms with Crippen molar-refractivity contribution in [1.29, 1.82) is 0 Å². The van der Waals surface area contributed by atoms with Crippen LogP contribution < -0.4 is 5.32 Å². The summed E-state index contributed by atoms with van der Waals surface area (Å²) in [6.45, 7) is 1.11. The van der Waals surface area contributed by atoms with Crippen molar-refractivity contribution in [3.63, 3.8) is 0 Å². The summed E-state index contributed by atoms with van der Waals surface area (Å²) in [7, 11) is 0. The number of rotatable bonds is 1. The minimum absolute atomic E-state index is 0.379. The number of oxazole rings is 1. The van der Waals surface area contributed by atoms with Gasteiger partial charge in [-0.05, 0) is 38.6 Å². The van der Waals surface area contributed by atoms with Crippen LogP contribution in [0.25, 0.3) is 0 Å². The van der Waals surface area contributed by atoms with Crippen LogP contribution in [0.15, 0.2) is 4.42 Å². The number of hydrogen-bond donors (Lipinski definition) is 1. The van der Waals surface area contributed by atoms with Crippen LogP contribution in [0.1, 0.15) is 55.5 Å². The fraction of sp³-hybridized carbons (Fsp3) is 0.750. The van der Waals surface area contributed by atoms with Gasteiger partial charge in [0.05, 0.1) is 11.7 Å². The summed E-state index contributed by atoms with van der Waals surface area (Å²) in [6, 6.07) is 0.379. The third-order valence-electron chi connectivity index (χ3n) is 3.47. The highest BCUT2D eigenvalue weighted by molar-refractivity contribution is 5.14. The average Bonchev–Trinajstić information content (AvgIpc) is 2.74. The maximum atomic E-state index is 5.87. The molecule has 0 spiro atoms. The molecule has 0 aromatic carbocycles. The SMILES string of the molecule is C1CCC(c2nc3c(o2)CCCC3)NC1. The highest BCUT2D eigenvalue weighted by Gasteiger charge is 2.23. The molecule has 3 nitrogen and oxygen atoms in total. The van der Waals surface area contributed by atoms with Crippen LogP contribution in [0.4, 0.5) is 0 Å². The van der Waals surface area contributed by atoms with E-state index in [1.54, 1.807) is 0 Å². The van der Waals surface area contributed by atoms with Gasteiger partial charge in [0.25, 0.3) is 0 Å². The van der Waals surface area contributed by atoms with Gasteiger partial charge in [-0.25, -0.2) is 4.98 Å². The maximum Gasteiger partial charge on any atom is 0.211 e. The summed E-state index contributed by atoms with van der Waals surface area (Å²) in [4.78, 5) is 4.65. The van der Waals surface area contributed by atoms with E-state index in [0.717, 1.165) is 31.0 Å². The first-order chi connectivity index (χ1) is 7.43. The first-order valence-electron chi connectivity index (χ1n) is 6.15. The van der Waals surface area contributed by atoms with Gasteiger partial charge >= 0.3 is 0 Å².